The molecule has 0 spiro atoms. The number of benzene rings is 8. The van der Waals surface area contributed by atoms with Gasteiger partial charge in [0.1, 0.15) is 0 Å². The highest BCUT2D eigenvalue weighted by Crippen LogP contribution is 2.58. The maximum absolute atomic E-state index is 2.54. The van der Waals surface area contributed by atoms with E-state index in [-0.39, 0.29) is 10.8 Å². The summed E-state index contributed by atoms with van der Waals surface area (Å²) < 4.78 is 2.69. The van der Waals surface area contributed by atoms with Crippen LogP contribution in [0.4, 0.5) is 17.1 Å². The van der Waals surface area contributed by atoms with Gasteiger partial charge in [0.05, 0.1) is 11.4 Å². The molecule has 0 bridgehead atoms. The zero-order valence-electron chi connectivity index (χ0n) is 30.9. The molecule has 0 unspecified atom stereocenters. The van der Waals surface area contributed by atoms with E-state index in [9.17, 15) is 0 Å². The first-order valence-corrected chi connectivity index (χ1v) is 19.8. The fourth-order valence-corrected chi connectivity index (χ4v) is 10.9. The van der Waals surface area contributed by atoms with Gasteiger partial charge in [-0.2, -0.15) is 0 Å². The number of thiophene rings is 1. The molecule has 0 radical (unpaired) electrons. The van der Waals surface area contributed by atoms with Crippen molar-refractivity contribution in [3.05, 3.63) is 186 Å². The van der Waals surface area contributed by atoms with E-state index in [1.165, 1.54) is 98.0 Å². The first-order valence-electron chi connectivity index (χ1n) is 19.0. The van der Waals surface area contributed by atoms with Gasteiger partial charge in [-0.3, -0.25) is 0 Å². The van der Waals surface area contributed by atoms with Gasteiger partial charge in [0, 0.05) is 47.8 Å². The van der Waals surface area contributed by atoms with Crippen LogP contribution in [0.25, 0.3) is 64.3 Å². The van der Waals surface area contributed by atoms with Gasteiger partial charge >= 0.3 is 0 Å². The summed E-state index contributed by atoms with van der Waals surface area (Å²) in [6.45, 7) is 9.48. The average molecular weight is 710 g/mol. The van der Waals surface area contributed by atoms with Crippen molar-refractivity contribution >= 4 is 59.3 Å². The second-order valence-corrected chi connectivity index (χ2v) is 17.2. The largest absolute Gasteiger partial charge is 0.309 e. The van der Waals surface area contributed by atoms with E-state index < -0.39 is 0 Å². The minimum absolute atomic E-state index is 0.0956. The van der Waals surface area contributed by atoms with Gasteiger partial charge in [-0.1, -0.05) is 149 Å². The molecule has 1 heterocycles. The molecule has 8 aromatic carbocycles. The van der Waals surface area contributed by atoms with Crippen LogP contribution in [0.15, 0.2) is 164 Å². The highest BCUT2D eigenvalue weighted by atomic mass is 32.1. The van der Waals surface area contributed by atoms with E-state index in [0.717, 1.165) is 5.69 Å². The van der Waals surface area contributed by atoms with Gasteiger partial charge in [0.15, 0.2) is 0 Å². The van der Waals surface area contributed by atoms with Gasteiger partial charge in [0.25, 0.3) is 0 Å². The molecule has 1 aromatic heterocycles. The minimum Gasteiger partial charge on any atom is -0.309 e. The van der Waals surface area contributed by atoms with Crippen LogP contribution in [0.3, 0.4) is 0 Å². The number of hydrogen-bond acceptors (Lipinski definition) is 2. The molecule has 0 fully saturated rings. The first kappa shape index (κ1) is 31.6. The maximum atomic E-state index is 2.54. The molecule has 2 heteroatoms. The van der Waals surface area contributed by atoms with Crippen molar-refractivity contribution < 1.29 is 0 Å². The Morgan fingerprint density at radius 2 is 0.981 bits per heavy atom. The quantitative estimate of drug-likeness (QED) is 0.176. The van der Waals surface area contributed by atoms with Crippen molar-refractivity contribution in [1.29, 1.82) is 0 Å². The minimum atomic E-state index is -0.0956. The fourth-order valence-electron chi connectivity index (χ4n) is 9.79. The molecule has 0 aliphatic heterocycles. The molecule has 0 saturated carbocycles. The van der Waals surface area contributed by atoms with Gasteiger partial charge in [-0.05, 0) is 97.7 Å². The summed E-state index contributed by atoms with van der Waals surface area (Å²) in [6.07, 6.45) is 0. The third-order valence-corrected chi connectivity index (χ3v) is 13.6. The normalized spacial score (nSPS) is 14.6. The lowest BCUT2D eigenvalue weighted by atomic mass is 9.82. The summed E-state index contributed by atoms with van der Waals surface area (Å²) in [5.41, 5.74) is 16.7. The molecule has 0 atom stereocenters. The molecule has 54 heavy (non-hydrogen) atoms. The fraction of sp³-hybridized carbons (Fsp3) is 0.115. The Balaban J connectivity index is 1.10. The SMILES string of the molecule is CC1(C)c2ccccc2-c2c(N(c3ccc(-c4ccc5c(ccc6sc7ccccc7c65)c4)cc3)c3cccc4c3-c3ccccc3C4(C)C)cccc21. The van der Waals surface area contributed by atoms with Crippen molar-refractivity contribution in [3.8, 4) is 33.4 Å². The molecular formula is C52H39NS. The molecule has 2 aliphatic carbocycles. The van der Waals surface area contributed by atoms with E-state index in [1.807, 2.05) is 11.3 Å². The number of fused-ring (bicyclic) bond motifs is 11. The Labute approximate surface area is 320 Å². The van der Waals surface area contributed by atoms with Gasteiger partial charge in [-0.25, -0.2) is 0 Å². The van der Waals surface area contributed by atoms with E-state index >= 15 is 0 Å². The Kier molecular flexibility index (Phi) is 6.59. The van der Waals surface area contributed by atoms with Gasteiger partial charge < -0.3 is 4.90 Å². The van der Waals surface area contributed by atoms with Gasteiger partial charge in [0.2, 0.25) is 0 Å². The topological polar surface area (TPSA) is 3.24 Å². The van der Waals surface area contributed by atoms with Crippen LogP contribution >= 0.6 is 11.3 Å². The molecule has 0 amide bonds. The highest BCUT2D eigenvalue weighted by molar-refractivity contribution is 7.26. The second kappa shape index (κ2) is 11.3. The third-order valence-electron chi connectivity index (χ3n) is 12.5. The van der Waals surface area contributed by atoms with Crippen LogP contribution in [-0.2, 0) is 10.8 Å². The van der Waals surface area contributed by atoms with E-state index in [1.54, 1.807) is 0 Å². The molecule has 0 N–H and O–H groups in total. The summed E-state index contributed by atoms with van der Waals surface area (Å²) >= 11 is 1.88. The van der Waals surface area contributed by atoms with Crippen LogP contribution < -0.4 is 4.90 Å². The first-order chi connectivity index (χ1) is 26.3. The monoisotopic (exact) mass is 709 g/mol. The lowest BCUT2D eigenvalue weighted by Gasteiger charge is -2.31. The summed E-state index contributed by atoms with van der Waals surface area (Å²) in [5, 5.41) is 5.30. The molecular weight excluding hydrogens is 671 g/mol. The molecule has 258 valence electrons. The van der Waals surface area contributed by atoms with E-state index in [2.05, 4.69) is 196 Å². The van der Waals surface area contributed by atoms with E-state index in [0.29, 0.717) is 0 Å². The van der Waals surface area contributed by atoms with Crippen LogP contribution in [0.1, 0.15) is 49.9 Å². The van der Waals surface area contributed by atoms with Crippen molar-refractivity contribution in [2.75, 3.05) is 4.90 Å². The lowest BCUT2D eigenvalue weighted by Crippen LogP contribution is -2.17. The standard InChI is InChI=1S/C52H39NS/c1-51(2)40-16-8-5-13-37(40)49-42(51)18-11-20-44(49)53(45-21-12-19-43-50(45)38-14-6-9-17-41(38)52(43,3)4)35-27-23-32(24-28-35)33-25-29-36-34(31-33)26-30-47-48(36)39-15-7-10-22-46(39)54-47/h5-31H,1-4H3. The van der Waals surface area contributed by atoms with Crippen LogP contribution in [0.2, 0.25) is 0 Å². The van der Waals surface area contributed by atoms with Crippen LogP contribution in [-0.4, -0.2) is 0 Å². The predicted molar refractivity (Wildman–Crippen MR) is 232 cm³/mol. The Morgan fingerprint density at radius 1 is 0.426 bits per heavy atom. The Bertz CT molecular complexity index is 2890. The maximum Gasteiger partial charge on any atom is 0.0543 e. The van der Waals surface area contributed by atoms with Crippen molar-refractivity contribution in [1.82, 2.24) is 0 Å². The van der Waals surface area contributed by atoms with E-state index in [4.69, 9.17) is 0 Å². The number of anilines is 3. The summed E-state index contributed by atoms with van der Waals surface area (Å²) in [7, 11) is 0. The Morgan fingerprint density at radius 3 is 1.63 bits per heavy atom. The molecule has 1 nitrogen and oxygen atoms in total. The lowest BCUT2D eigenvalue weighted by molar-refractivity contribution is 0.660. The van der Waals surface area contributed by atoms with Crippen molar-refractivity contribution in [2.45, 2.75) is 38.5 Å². The zero-order valence-corrected chi connectivity index (χ0v) is 31.8. The number of rotatable bonds is 4. The number of hydrogen-bond donors (Lipinski definition) is 0. The predicted octanol–water partition coefficient (Wildman–Crippen LogP) is 15.0. The smallest absolute Gasteiger partial charge is 0.0543 e. The average Bonchev–Trinajstić information content (AvgIpc) is 3.79. The van der Waals surface area contributed by atoms with Crippen LogP contribution in [0.5, 0.6) is 0 Å². The summed E-state index contributed by atoms with van der Waals surface area (Å²) in [6, 6.07) is 61.5. The molecule has 0 saturated heterocycles. The highest BCUT2D eigenvalue weighted by Gasteiger charge is 2.40. The molecule has 9 aromatic rings. The van der Waals surface area contributed by atoms with Crippen LogP contribution in [0, 0.1) is 0 Å². The van der Waals surface area contributed by atoms with Crippen molar-refractivity contribution in [3.63, 3.8) is 0 Å². The summed E-state index contributed by atoms with van der Waals surface area (Å²) in [4.78, 5) is 2.54. The zero-order chi connectivity index (χ0) is 36.3. The molecule has 2 aliphatic rings. The number of nitrogens with zero attached hydrogens (tertiary/aromatic N) is 1. The Hall–Kier alpha value is -5.96. The third kappa shape index (κ3) is 4.32. The second-order valence-electron chi connectivity index (χ2n) is 16.1. The van der Waals surface area contributed by atoms with Crippen molar-refractivity contribution in [2.24, 2.45) is 0 Å². The summed E-state index contributed by atoms with van der Waals surface area (Å²) in [5.74, 6) is 0. The van der Waals surface area contributed by atoms with Gasteiger partial charge in [-0.15, -0.1) is 11.3 Å². The molecule has 11 rings (SSSR count).